The number of halogens is 1. The maximum absolute atomic E-state index is 10.2. The molecule has 0 amide bonds. The summed E-state index contributed by atoms with van der Waals surface area (Å²) in [5.74, 6) is -1.01. The lowest BCUT2D eigenvalue weighted by Gasteiger charge is -1.99. The highest BCUT2D eigenvalue weighted by molar-refractivity contribution is 6.30. The first-order valence-electron chi connectivity index (χ1n) is 3.55. The van der Waals surface area contributed by atoms with Gasteiger partial charge in [0, 0.05) is 16.8 Å². The number of anilines is 1. The van der Waals surface area contributed by atoms with Crippen LogP contribution in [0.25, 0.3) is 6.08 Å². The van der Waals surface area contributed by atoms with Crippen LogP contribution in [0.15, 0.2) is 24.3 Å². The van der Waals surface area contributed by atoms with Crippen molar-refractivity contribution in [3.8, 4) is 0 Å². The van der Waals surface area contributed by atoms with Crippen molar-refractivity contribution in [1.82, 2.24) is 0 Å². The van der Waals surface area contributed by atoms with Gasteiger partial charge in [0.1, 0.15) is 0 Å². The van der Waals surface area contributed by atoms with Gasteiger partial charge in [-0.25, -0.2) is 4.79 Å². The monoisotopic (exact) mass is 197 g/mol. The molecule has 4 heteroatoms. The Hall–Kier alpha value is -1.48. The fraction of sp³-hybridized carbons (Fsp3) is 0. The van der Waals surface area contributed by atoms with Gasteiger partial charge in [-0.05, 0) is 23.8 Å². The SMILES string of the molecule is Nc1cc(Cl)ccc1/C=C/C(=O)O. The zero-order valence-electron chi connectivity index (χ0n) is 6.70. The molecular formula is C9H8ClNO2. The maximum Gasteiger partial charge on any atom is 0.328 e. The van der Waals surface area contributed by atoms with Crippen LogP contribution in [0.4, 0.5) is 5.69 Å². The van der Waals surface area contributed by atoms with Gasteiger partial charge in [-0.15, -0.1) is 0 Å². The standard InChI is InChI=1S/C9H8ClNO2/c10-7-3-1-6(8(11)5-7)2-4-9(12)13/h1-5H,11H2,(H,12,13)/b4-2+. The summed E-state index contributed by atoms with van der Waals surface area (Å²) in [4.78, 5) is 10.2. The Labute approximate surface area is 80.4 Å². The second kappa shape index (κ2) is 3.96. The molecule has 1 aromatic carbocycles. The summed E-state index contributed by atoms with van der Waals surface area (Å²) < 4.78 is 0. The summed E-state index contributed by atoms with van der Waals surface area (Å²) in [7, 11) is 0. The van der Waals surface area contributed by atoms with Gasteiger partial charge in [0.25, 0.3) is 0 Å². The minimum atomic E-state index is -1.01. The van der Waals surface area contributed by atoms with E-state index in [4.69, 9.17) is 22.4 Å². The first-order valence-corrected chi connectivity index (χ1v) is 3.93. The maximum atomic E-state index is 10.2. The molecule has 68 valence electrons. The van der Waals surface area contributed by atoms with Crippen LogP contribution in [0.3, 0.4) is 0 Å². The lowest BCUT2D eigenvalue weighted by atomic mass is 10.1. The summed E-state index contributed by atoms with van der Waals surface area (Å²) in [6.07, 6.45) is 2.45. The van der Waals surface area contributed by atoms with Crippen LogP contribution in [0.1, 0.15) is 5.56 Å². The number of nitrogen functional groups attached to an aromatic ring is 1. The topological polar surface area (TPSA) is 63.3 Å². The molecular weight excluding hydrogens is 190 g/mol. The zero-order chi connectivity index (χ0) is 9.84. The molecule has 0 bridgehead atoms. The van der Waals surface area contributed by atoms with E-state index in [1.54, 1.807) is 18.2 Å². The highest BCUT2D eigenvalue weighted by Crippen LogP contribution is 2.18. The lowest BCUT2D eigenvalue weighted by Crippen LogP contribution is -1.90. The van der Waals surface area contributed by atoms with Crippen molar-refractivity contribution in [1.29, 1.82) is 0 Å². The largest absolute Gasteiger partial charge is 0.478 e. The quantitative estimate of drug-likeness (QED) is 0.563. The molecule has 0 atom stereocenters. The number of carbonyl (C=O) groups is 1. The molecule has 0 fully saturated rings. The van der Waals surface area contributed by atoms with Crippen LogP contribution in [0.5, 0.6) is 0 Å². The molecule has 3 N–H and O–H groups in total. The van der Waals surface area contributed by atoms with Gasteiger partial charge in [-0.1, -0.05) is 17.7 Å². The summed E-state index contributed by atoms with van der Waals surface area (Å²) in [6, 6.07) is 4.89. The van der Waals surface area contributed by atoms with Crippen molar-refractivity contribution in [2.24, 2.45) is 0 Å². The Morgan fingerprint density at radius 2 is 2.23 bits per heavy atom. The smallest absolute Gasteiger partial charge is 0.328 e. The Balaban J connectivity index is 2.96. The van der Waals surface area contributed by atoms with Crippen LogP contribution in [0, 0.1) is 0 Å². The predicted molar refractivity (Wildman–Crippen MR) is 52.5 cm³/mol. The molecule has 0 saturated carbocycles. The minimum absolute atomic E-state index is 0.463. The predicted octanol–water partition coefficient (Wildman–Crippen LogP) is 2.02. The molecule has 0 heterocycles. The van der Waals surface area contributed by atoms with Crippen LogP contribution < -0.4 is 5.73 Å². The average Bonchev–Trinajstić information content (AvgIpc) is 2.02. The molecule has 1 rings (SSSR count). The molecule has 3 nitrogen and oxygen atoms in total. The summed E-state index contributed by atoms with van der Waals surface area (Å²) in [5, 5.41) is 8.90. The summed E-state index contributed by atoms with van der Waals surface area (Å²) >= 11 is 5.66. The van der Waals surface area contributed by atoms with Crippen molar-refractivity contribution in [3.05, 3.63) is 34.9 Å². The van der Waals surface area contributed by atoms with E-state index in [0.717, 1.165) is 6.08 Å². The Morgan fingerprint density at radius 3 is 2.77 bits per heavy atom. The molecule has 0 unspecified atom stereocenters. The first kappa shape index (κ1) is 9.61. The number of benzene rings is 1. The third-order valence-electron chi connectivity index (χ3n) is 1.45. The average molecular weight is 198 g/mol. The molecule has 0 saturated heterocycles. The highest BCUT2D eigenvalue weighted by Gasteiger charge is 1.96. The van der Waals surface area contributed by atoms with Gasteiger partial charge >= 0.3 is 5.97 Å². The van der Waals surface area contributed by atoms with Crippen molar-refractivity contribution in [3.63, 3.8) is 0 Å². The number of aliphatic carboxylic acids is 1. The van der Waals surface area contributed by atoms with Gasteiger partial charge in [-0.3, -0.25) is 0 Å². The Kier molecular flexibility index (Phi) is 2.93. The molecule has 0 aliphatic heterocycles. The van der Waals surface area contributed by atoms with Crippen LogP contribution in [-0.2, 0) is 4.79 Å². The summed E-state index contributed by atoms with van der Waals surface area (Å²) in [5.41, 5.74) is 6.69. The van der Waals surface area contributed by atoms with Crippen molar-refractivity contribution >= 4 is 29.3 Å². The van der Waals surface area contributed by atoms with Crippen LogP contribution in [-0.4, -0.2) is 11.1 Å². The molecule has 1 aromatic rings. The van der Waals surface area contributed by atoms with E-state index < -0.39 is 5.97 Å². The van der Waals surface area contributed by atoms with E-state index in [0.29, 0.717) is 16.3 Å². The van der Waals surface area contributed by atoms with E-state index in [-0.39, 0.29) is 0 Å². The fourth-order valence-corrected chi connectivity index (χ4v) is 1.04. The third-order valence-corrected chi connectivity index (χ3v) is 1.69. The molecule has 0 spiro atoms. The van der Waals surface area contributed by atoms with Gasteiger partial charge in [-0.2, -0.15) is 0 Å². The highest BCUT2D eigenvalue weighted by atomic mass is 35.5. The fourth-order valence-electron chi connectivity index (χ4n) is 0.858. The van der Waals surface area contributed by atoms with Gasteiger partial charge in [0.2, 0.25) is 0 Å². The van der Waals surface area contributed by atoms with E-state index in [2.05, 4.69) is 0 Å². The minimum Gasteiger partial charge on any atom is -0.478 e. The first-order chi connectivity index (χ1) is 6.09. The molecule has 0 aliphatic carbocycles. The number of carboxylic acids is 1. The lowest BCUT2D eigenvalue weighted by molar-refractivity contribution is -0.131. The van der Waals surface area contributed by atoms with Crippen molar-refractivity contribution in [2.45, 2.75) is 0 Å². The van der Waals surface area contributed by atoms with Gasteiger partial charge in [0.05, 0.1) is 0 Å². The van der Waals surface area contributed by atoms with Crippen LogP contribution in [0.2, 0.25) is 5.02 Å². The van der Waals surface area contributed by atoms with E-state index in [1.807, 2.05) is 0 Å². The van der Waals surface area contributed by atoms with E-state index in [1.165, 1.54) is 6.08 Å². The van der Waals surface area contributed by atoms with E-state index in [9.17, 15) is 4.79 Å². The Morgan fingerprint density at radius 1 is 1.54 bits per heavy atom. The zero-order valence-corrected chi connectivity index (χ0v) is 7.45. The summed E-state index contributed by atoms with van der Waals surface area (Å²) in [6.45, 7) is 0. The Bertz CT molecular complexity index is 361. The number of rotatable bonds is 2. The van der Waals surface area contributed by atoms with E-state index >= 15 is 0 Å². The normalized spacial score (nSPS) is 10.5. The number of hydrogen-bond acceptors (Lipinski definition) is 2. The second-order valence-electron chi connectivity index (χ2n) is 2.44. The number of hydrogen-bond donors (Lipinski definition) is 2. The number of carboxylic acid groups (broad SMARTS) is 1. The van der Waals surface area contributed by atoms with Gasteiger partial charge < -0.3 is 10.8 Å². The second-order valence-corrected chi connectivity index (χ2v) is 2.88. The molecule has 13 heavy (non-hydrogen) atoms. The third kappa shape index (κ3) is 2.80. The molecule has 0 aromatic heterocycles. The van der Waals surface area contributed by atoms with Crippen molar-refractivity contribution in [2.75, 3.05) is 5.73 Å². The molecule has 0 radical (unpaired) electrons. The van der Waals surface area contributed by atoms with Crippen molar-refractivity contribution < 1.29 is 9.90 Å². The van der Waals surface area contributed by atoms with Crippen LogP contribution >= 0.6 is 11.6 Å². The number of nitrogens with two attached hydrogens (primary N) is 1. The van der Waals surface area contributed by atoms with Gasteiger partial charge in [0.15, 0.2) is 0 Å². The molecule has 0 aliphatic rings.